The number of nitrogens with zero attached hydrogens (tertiary/aromatic N) is 3. The van der Waals surface area contributed by atoms with E-state index in [0.29, 0.717) is 11.5 Å². The van der Waals surface area contributed by atoms with Crippen LogP contribution >= 0.6 is 11.6 Å². The number of nitrogen functional groups attached to an aromatic ring is 1. The molecular formula is C13H15ClN4O2. The normalized spacial score (nSPS) is 10.8. The van der Waals surface area contributed by atoms with Gasteiger partial charge in [0.05, 0.1) is 10.6 Å². The lowest BCUT2D eigenvalue weighted by atomic mass is 10.2. The van der Waals surface area contributed by atoms with Crippen molar-refractivity contribution in [3.63, 3.8) is 0 Å². The molecule has 0 aliphatic heterocycles. The van der Waals surface area contributed by atoms with Gasteiger partial charge >= 0.3 is 5.97 Å². The molecule has 0 spiro atoms. The van der Waals surface area contributed by atoms with Crippen LogP contribution in [0.15, 0.2) is 24.5 Å². The number of nitrogens with two attached hydrogens (primary N) is 1. The summed E-state index contributed by atoms with van der Waals surface area (Å²) in [5.41, 5.74) is 6.34. The lowest BCUT2D eigenvalue weighted by Gasteiger charge is -2.10. The number of hydrogen-bond acceptors (Lipinski definition) is 5. The quantitative estimate of drug-likeness (QED) is 0.692. The van der Waals surface area contributed by atoms with Crippen molar-refractivity contribution in [2.24, 2.45) is 0 Å². The fraction of sp³-hybridized carbons (Fsp3) is 0.308. The Balaban J connectivity index is 2.07. The van der Waals surface area contributed by atoms with E-state index in [1.54, 1.807) is 10.7 Å². The van der Waals surface area contributed by atoms with Crippen LogP contribution < -0.4 is 5.73 Å². The Hall–Kier alpha value is -2.08. The van der Waals surface area contributed by atoms with Crippen molar-refractivity contribution in [3.05, 3.63) is 40.9 Å². The van der Waals surface area contributed by atoms with Gasteiger partial charge in [-0.1, -0.05) is 11.6 Å². The second kappa shape index (κ2) is 5.92. The summed E-state index contributed by atoms with van der Waals surface area (Å²) in [6.07, 6.45) is 1.43. The first kappa shape index (κ1) is 14.3. The van der Waals surface area contributed by atoms with E-state index in [2.05, 4.69) is 10.1 Å². The second-order valence-electron chi connectivity index (χ2n) is 4.53. The third-order valence-corrected chi connectivity index (χ3v) is 2.99. The maximum absolute atomic E-state index is 11.9. The molecule has 0 bridgehead atoms. The van der Waals surface area contributed by atoms with Gasteiger partial charge in [-0.05, 0) is 32.0 Å². The lowest BCUT2D eigenvalue weighted by molar-refractivity contribution is 0.0455. The molecule has 7 heteroatoms. The maximum atomic E-state index is 11.9. The minimum absolute atomic E-state index is 0.0394. The molecule has 20 heavy (non-hydrogen) atoms. The zero-order chi connectivity index (χ0) is 14.7. The minimum atomic E-state index is -0.520. The van der Waals surface area contributed by atoms with Crippen LogP contribution in [0.3, 0.4) is 0 Å². The first-order valence-corrected chi connectivity index (χ1v) is 6.47. The second-order valence-corrected chi connectivity index (χ2v) is 4.94. The van der Waals surface area contributed by atoms with E-state index in [4.69, 9.17) is 22.1 Å². The number of anilines is 1. The van der Waals surface area contributed by atoms with E-state index >= 15 is 0 Å². The molecule has 2 N–H and O–H groups in total. The summed E-state index contributed by atoms with van der Waals surface area (Å²) in [5, 5.41) is 4.33. The van der Waals surface area contributed by atoms with E-state index in [1.165, 1.54) is 18.5 Å². The van der Waals surface area contributed by atoms with Crippen LogP contribution in [0, 0.1) is 0 Å². The van der Waals surface area contributed by atoms with Crippen LogP contribution in [-0.2, 0) is 11.3 Å². The number of carbonyl (C=O) groups excluding carboxylic acids is 1. The summed E-state index contributed by atoms with van der Waals surface area (Å²) in [7, 11) is 0. The Morgan fingerprint density at radius 2 is 2.25 bits per heavy atom. The standard InChI is InChI=1S/C13H15ClN4O2/c1-8(2)18-12(16-7-17-18)6-20-13(19)10-4-3-9(15)5-11(10)14/h3-5,7-8H,6,15H2,1-2H3. The van der Waals surface area contributed by atoms with Crippen LogP contribution in [0.4, 0.5) is 5.69 Å². The molecule has 0 radical (unpaired) electrons. The molecule has 0 atom stereocenters. The van der Waals surface area contributed by atoms with Gasteiger partial charge in [-0.25, -0.2) is 14.5 Å². The summed E-state index contributed by atoms with van der Waals surface area (Å²) in [6, 6.07) is 4.78. The van der Waals surface area contributed by atoms with Crippen molar-refractivity contribution in [2.75, 3.05) is 5.73 Å². The predicted molar refractivity (Wildman–Crippen MR) is 75.4 cm³/mol. The van der Waals surface area contributed by atoms with Crippen LogP contribution in [0.25, 0.3) is 0 Å². The largest absolute Gasteiger partial charge is 0.454 e. The fourth-order valence-corrected chi connectivity index (χ4v) is 1.98. The van der Waals surface area contributed by atoms with E-state index in [-0.39, 0.29) is 23.2 Å². The highest BCUT2D eigenvalue weighted by Gasteiger charge is 2.14. The van der Waals surface area contributed by atoms with Gasteiger partial charge in [-0.3, -0.25) is 0 Å². The Labute approximate surface area is 121 Å². The fourth-order valence-electron chi connectivity index (χ4n) is 1.71. The van der Waals surface area contributed by atoms with Gasteiger partial charge in [0.1, 0.15) is 6.33 Å². The average molecular weight is 295 g/mol. The Bertz CT molecular complexity index is 625. The number of aromatic nitrogens is 3. The average Bonchev–Trinajstić information content (AvgIpc) is 2.84. The zero-order valence-electron chi connectivity index (χ0n) is 11.2. The van der Waals surface area contributed by atoms with Gasteiger partial charge in [-0.2, -0.15) is 5.10 Å². The van der Waals surface area contributed by atoms with Crippen LogP contribution in [0.1, 0.15) is 36.1 Å². The molecular weight excluding hydrogens is 280 g/mol. The summed E-state index contributed by atoms with van der Waals surface area (Å²) >= 11 is 5.95. The van der Waals surface area contributed by atoms with E-state index in [0.717, 1.165) is 0 Å². The Morgan fingerprint density at radius 3 is 2.90 bits per heavy atom. The summed E-state index contributed by atoms with van der Waals surface area (Å²) in [4.78, 5) is 16.0. The van der Waals surface area contributed by atoms with Crippen molar-refractivity contribution in [1.29, 1.82) is 0 Å². The van der Waals surface area contributed by atoms with Crippen molar-refractivity contribution in [2.45, 2.75) is 26.5 Å². The first-order valence-electron chi connectivity index (χ1n) is 6.09. The predicted octanol–water partition coefficient (Wildman–Crippen LogP) is 2.45. The zero-order valence-corrected chi connectivity index (χ0v) is 12.0. The highest BCUT2D eigenvalue weighted by Crippen LogP contribution is 2.20. The Morgan fingerprint density at radius 1 is 1.50 bits per heavy atom. The van der Waals surface area contributed by atoms with Gasteiger partial charge in [0.15, 0.2) is 12.4 Å². The number of halogens is 1. The van der Waals surface area contributed by atoms with Gasteiger partial charge < -0.3 is 10.5 Å². The van der Waals surface area contributed by atoms with E-state index in [1.807, 2.05) is 13.8 Å². The molecule has 6 nitrogen and oxygen atoms in total. The number of ether oxygens (including phenoxy) is 1. The number of carbonyl (C=O) groups is 1. The third kappa shape index (κ3) is 3.08. The molecule has 2 rings (SSSR count). The SMILES string of the molecule is CC(C)n1ncnc1COC(=O)c1ccc(N)cc1Cl. The minimum Gasteiger partial charge on any atom is -0.454 e. The molecule has 1 aromatic heterocycles. The van der Waals surface area contributed by atoms with Crippen LogP contribution in [-0.4, -0.2) is 20.7 Å². The first-order chi connectivity index (χ1) is 9.49. The number of benzene rings is 1. The van der Waals surface area contributed by atoms with E-state index < -0.39 is 5.97 Å². The molecule has 1 heterocycles. The highest BCUT2D eigenvalue weighted by atomic mass is 35.5. The third-order valence-electron chi connectivity index (χ3n) is 2.68. The van der Waals surface area contributed by atoms with Crippen molar-refractivity contribution in [1.82, 2.24) is 14.8 Å². The van der Waals surface area contributed by atoms with Crippen LogP contribution in [0.5, 0.6) is 0 Å². The molecule has 0 fully saturated rings. The molecule has 0 aliphatic rings. The number of rotatable bonds is 4. The van der Waals surface area contributed by atoms with Gasteiger partial charge in [-0.15, -0.1) is 0 Å². The Kier molecular flexibility index (Phi) is 4.24. The maximum Gasteiger partial charge on any atom is 0.340 e. The van der Waals surface area contributed by atoms with Crippen molar-refractivity contribution < 1.29 is 9.53 Å². The van der Waals surface area contributed by atoms with E-state index in [9.17, 15) is 4.79 Å². The summed E-state index contributed by atoms with van der Waals surface area (Å²) in [6.45, 7) is 3.98. The molecule has 2 aromatic rings. The van der Waals surface area contributed by atoms with Gasteiger partial charge in [0, 0.05) is 11.7 Å². The monoisotopic (exact) mass is 294 g/mol. The van der Waals surface area contributed by atoms with Gasteiger partial charge in [0.2, 0.25) is 0 Å². The molecule has 106 valence electrons. The smallest absolute Gasteiger partial charge is 0.340 e. The van der Waals surface area contributed by atoms with Crippen LogP contribution in [0.2, 0.25) is 5.02 Å². The topological polar surface area (TPSA) is 83.0 Å². The summed E-state index contributed by atoms with van der Waals surface area (Å²) in [5.74, 6) is 0.0632. The number of esters is 1. The molecule has 0 aliphatic carbocycles. The molecule has 0 amide bonds. The van der Waals surface area contributed by atoms with Crippen molar-refractivity contribution >= 4 is 23.3 Å². The summed E-state index contributed by atoms with van der Waals surface area (Å²) < 4.78 is 6.89. The highest BCUT2D eigenvalue weighted by molar-refractivity contribution is 6.33. The van der Waals surface area contributed by atoms with Crippen molar-refractivity contribution in [3.8, 4) is 0 Å². The molecule has 0 unspecified atom stereocenters. The lowest BCUT2D eigenvalue weighted by Crippen LogP contribution is -2.12. The molecule has 1 aromatic carbocycles. The molecule has 0 saturated heterocycles. The molecule has 0 saturated carbocycles. The van der Waals surface area contributed by atoms with Gasteiger partial charge in [0.25, 0.3) is 0 Å². The number of hydrogen-bond donors (Lipinski definition) is 1.